The van der Waals surface area contributed by atoms with E-state index in [0.717, 1.165) is 11.1 Å². The molecule has 0 aliphatic carbocycles. The average molecular weight is 450 g/mol. The minimum atomic E-state index is -1.08. The van der Waals surface area contributed by atoms with Crippen LogP contribution in [0.1, 0.15) is 21.5 Å². The molecule has 0 aliphatic rings. The number of aromatic carboxylic acids is 1. The van der Waals surface area contributed by atoms with Crippen molar-refractivity contribution in [2.75, 3.05) is 12.4 Å². The van der Waals surface area contributed by atoms with E-state index in [2.05, 4.69) is 5.32 Å². The SMILES string of the molecule is COc1cc(CNc2ccc(C(=O)O)c(Cl)c2)cc(Cl)c1OCc1ccc(F)cc1. The number of anilines is 1. The Kier molecular flexibility index (Phi) is 7.03. The Morgan fingerprint density at radius 3 is 2.40 bits per heavy atom. The number of carboxylic acids is 1. The summed E-state index contributed by atoms with van der Waals surface area (Å²) in [6, 6.07) is 14.1. The molecular formula is C22H18Cl2FNO4. The van der Waals surface area contributed by atoms with Crippen LogP contribution >= 0.6 is 23.2 Å². The topological polar surface area (TPSA) is 67.8 Å². The number of methoxy groups -OCH3 is 1. The van der Waals surface area contributed by atoms with Crippen LogP contribution in [0, 0.1) is 5.82 Å². The maximum absolute atomic E-state index is 13.0. The van der Waals surface area contributed by atoms with Crippen molar-refractivity contribution in [3.8, 4) is 11.5 Å². The first-order chi connectivity index (χ1) is 14.4. The standard InChI is InChI=1S/C22H18Cl2FNO4/c1-29-20-9-14(11-26-16-6-7-17(22(27)28)18(23)10-16)8-19(24)21(20)30-12-13-2-4-15(25)5-3-13/h2-10,26H,11-12H2,1H3,(H,27,28). The van der Waals surface area contributed by atoms with Crippen LogP contribution in [-0.2, 0) is 13.2 Å². The van der Waals surface area contributed by atoms with Crippen molar-refractivity contribution in [1.82, 2.24) is 0 Å². The molecule has 30 heavy (non-hydrogen) atoms. The fraction of sp³-hybridized carbons (Fsp3) is 0.136. The van der Waals surface area contributed by atoms with E-state index < -0.39 is 5.97 Å². The lowest BCUT2D eigenvalue weighted by Crippen LogP contribution is -2.03. The Hall–Kier alpha value is -2.96. The number of ether oxygens (including phenoxy) is 2. The summed E-state index contributed by atoms with van der Waals surface area (Å²) in [5.41, 5.74) is 2.32. The van der Waals surface area contributed by atoms with E-state index in [1.165, 1.54) is 25.3 Å². The minimum Gasteiger partial charge on any atom is -0.493 e. The summed E-state index contributed by atoms with van der Waals surface area (Å²) in [6.45, 7) is 0.611. The highest BCUT2D eigenvalue weighted by Crippen LogP contribution is 2.37. The largest absolute Gasteiger partial charge is 0.493 e. The molecular weight excluding hydrogens is 432 g/mol. The van der Waals surface area contributed by atoms with Crippen LogP contribution in [0.5, 0.6) is 11.5 Å². The second-order valence-electron chi connectivity index (χ2n) is 6.38. The number of hydrogen-bond donors (Lipinski definition) is 2. The van der Waals surface area contributed by atoms with E-state index in [-0.39, 0.29) is 23.0 Å². The van der Waals surface area contributed by atoms with Gasteiger partial charge in [-0.05, 0) is 53.6 Å². The van der Waals surface area contributed by atoms with Crippen LogP contribution in [0.15, 0.2) is 54.6 Å². The van der Waals surface area contributed by atoms with Crippen LogP contribution < -0.4 is 14.8 Å². The first-order valence-corrected chi connectivity index (χ1v) is 9.63. The predicted molar refractivity (Wildman–Crippen MR) is 114 cm³/mol. The Morgan fingerprint density at radius 2 is 1.77 bits per heavy atom. The minimum absolute atomic E-state index is 0.0367. The molecule has 0 spiro atoms. The number of benzene rings is 3. The van der Waals surface area contributed by atoms with E-state index in [4.69, 9.17) is 37.8 Å². The Balaban J connectivity index is 1.71. The van der Waals surface area contributed by atoms with Crippen molar-refractivity contribution < 1.29 is 23.8 Å². The van der Waals surface area contributed by atoms with Crippen molar-refractivity contribution in [2.45, 2.75) is 13.2 Å². The third-order valence-corrected chi connectivity index (χ3v) is 4.88. The molecule has 0 bridgehead atoms. The zero-order valence-corrected chi connectivity index (χ0v) is 17.4. The van der Waals surface area contributed by atoms with Crippen LogP contribution in [0.4, 0.5) is 10.1 Å². The van der Waals surface area contributed by atoms with Crippen LogP contribution in [0.25, 0.3) is 0 Å². The molecule has 3 aromatic carbocycles. The summed E-state index contributed by atoms with van der Waals surface area (Å²) in [4.78, 5) is 11.0. The van der Waals surface area contributed by atoms with Gasteiger partial charge in [0.25, 0.3) is 0 Å². The van der Waals surface area contributed by atoms with Crippen molar-refractivity contribution in [2.24, 2.45) is 0 Å². The quantitative estimate of drug-likeness (QED) is 0.439. The van der Waals surface area contributed by atoms with Crippen LogP contribution in [-0.4, -0.2) is 18.2 Å². The highest BCUT2D eigenvalue weighted by molar-refractivity contribution is 6.33. The summed E-state index contributed by atoms with van der Waals surface area (Å²) in [5.74, 6) is -0.550. The molecule has 0 aliphatic heterocycles. The van der Waals surface area contributed by atoms with E-state index in [9.17, 15) is 9.18 Å². The Bertz CT molecular complexity index is 1060. The van der Waals surface area contributed by atoms with Crippen molar-refractivity contribution in [3.05, 3.63) is 87.2 Å². The Labute approximate surface area is 183 Å². The van der Waals surface area contributed by atoms with Gasteiger partial charge in [-0.15, -0.1) is 0 Å². The summed E-state index contributed by atoms with van der Waals surface area (Å²) in [6.07, 6.45) is 0. The molecule has 3 aromatic rings. The fourth-order valence-electron chi connectivity index (χ4n) is 2.75. The number of carboxylic acid groups (broad SMARTS) is 1. The van der Waals surface area contributed by atoms with Crippen LogP contribution in [0.2, 0.25) is 10.0 Å². The highest BCUT2D eigenvalue weighted by atomic mass is 35.5. The molecule has 156 valence electrons. The third-order valence-electron chi connectivity index (χ3n) is 4.28. The van der Waals surface area contributed by atoms with Gasteiger partial charge in [0.05, 0.1) is 22.7 Å². The molecule has 0 atom stereocenters. The third kappa shape index (κ3) is 5.34. The lowest BCUT2D eigenvalue weighted by molar-refractivity contribution is 0.0697. The molecule has 8 heteroatoms. The molecule has 0 radical (unpaired) electrons. The van der Waals surface area contributed by atoms with E-state index in [1.54, 1.807) is 36.4 Å². The van der Waals surface area contributed by atoms with Gasteiger partial charge in [-0.1, -0.05) is 35.3 Å². The van der Waals surface area contributed by atoms with Crippen molar-refractivity contribution >= 4 is 34.9 Å². The van der Waals surface area contributed by atoms with Gasteiger partial charge in [0.15, 0.2) is 11.5 Å². The monoisotopic (exact) mass is 449 g/mol. The smallest absolute Gasteiger partial charge is 0.337 e. The van der Waals surface area contributed by atoms with Gasteiger partial charge < -0.3 is 19.9 Å². The van der Waals surface area contributed by atoms with Gasteiger partial charge in [-0.25, -0.2) is 9.18 Å². The second-order valence-corrected chi connectivity index (χ2v) is 7.19. The number of hydrogen-bond acceptors (Lipinski definition) is 4. The molecule has 0 unspecified atom stereocenters. The zero-order valence-electron chi connectivity index (χ0n) is 15.9. The predicted octanol–water partition coefficient (Wildman–Crippen LogP) is 6.03. The summed E-state index contributed by atoms with van der Waals surface area (Å²) < 4.78 is 24.2. The number of rotatable bonds is 8. The van der Waals surface area contributed by atoms with Crippen molar-refractivity contribution in [3.63, 3.8) is 0 Å². The Morgan fingerprint density at radius 1 is 1.03 bits per heavy atom. The summed E-state index contributed by atoms with van der Waals surface area (Å²) >= 11 is 12.4. The average Bonchev–Trinajstić information content (AvgIpc) is 2.72. The number of carbonyl (C=O) groups is 1. The van der Waals surface area contributed by atoms with Gasteiger partial charge in [0.2, 0.25) is 0 Å². The summed E-state index contributed by atoms with van der Waals surface area (Å²) in [5, 5.41) is 12.7. The van der Waals surface area contributed by atoms with Gasteiger partial charge >= 0.3 is 5.97 Å². The van der Waals surface area contributed by atoms with E-state index in [1.807, 2.05) is 0 Å². The van der Waals surface area contributed by atoms with Gasteiger partial charge in [-0.3, -0.25) is 0 Å². The number of halogens is 3. The molecule has 0 saturated carbocycles. The first kappa shape index (κ1) is 21.7. The molecule has 5 nitrogen and oxygen atoms in total. The van der Waals surface area contributed by atoms with E-state index in [0.29, 0.717) is 28.8 Å². The second kappa shape index (κ2) is 9.69. The first-order valence-electron chi connectivity index (χ1n) is 8.87. The number of nitrogens with one attached hydrogen (secondary N) is 1. The highest BCUT2D eigenvalue weighted by Gasteiger charge is 2.13. The lowest BCUT2D eigenvalue weighted by atomic mass is 10.1. The zero-order chi connectivity index (χ0) is 21.7. The van der Waals surface area contributed by atoms with Gasteiger partial charge in [0.1, 0.15) is 12.4 Å². The molecule has 0 heterocycles. The van der Waals surface area contributed by atoms with E-state index >= 15 is 0 Å². The lowest BCUT2D eigenvalue weighted by Gasteiger charge is -2.15. The normalized spacial score (nSPS) is 10.5. The summed E-state index contributed by atoms with van der Waals surface area (Å²) in [7, 11) is 1.51. The molecule has 0 fully saturated rings. The molecule has 0 aromatic heterocycles. The maximum Gasteiger partial charge on any atom is 0.337 e. The maximum atomic E-state index is 13.0. The molecule has 2 N–H and O–H groups in total. The van der Waals surface area contributed by atoms with Crippen LogP contribution in [0.3, 0.4) is 0 Å². The van der Waals surface area contributed by atoms with Gasteiger partial charge in [0, 0.05) is 12.2 Å². The molecule has 3 rings (SSSR count). The van der Waals surface area contributed by atoms with Gasteiger partial charge in [-0.2, -0.15) is 0 Å². The molecule has 0 saturated heterocycles. The molecule has 0 amide bonds. The van der Waals surface area contributed by atoms with Crippen molar-refractivity contribution in [1.29, 1.82) is 0 Å². The fourth-order valence-corrected chi connectivity index (χ4v) is 3.30.